The van der Waals surface area contributed by atoms with Crippen molar-refractivity contribution in [2.24, 2.45) is 0 Å². The normalized spacial score (nSPS) is 10.5. The second-order valence-corrected chi connectivity index (χ2v) is 3.83. The second-order valence-electron chi connectivity index (χ2n) is 3.83. The molecule has 0 amide bonds. The van der Waals surface area contributed by atoms with Crippen molar-refractivity contribution in [1.82, 2.24) is 0 Å². The first-order chi connectivity index (χ1) is 10.3. The van der Waals surface area contributed by atoms with Crippen molar-refractivity contribution < 1.29 is 33.5 Å². The summed E-state index contributed by atoms with van der Waals surface area (Å²) in [6, 6.07) is 0. The summed E-state index contributed by atoms with van der Waals surface area (Å²) in [5, 5.41) is 0. The fraction of sp³-hybridized carbons (Fsp3) is 0.786. The number of carbonyl (C=O) groups excluding carboxylic acids is 1. The number of hydrogen-bond donors (Lipinski definition) is 0. The predicted molar refractivity (Wildman–Crippen MR) is 75.8 cm³/mol. The highest BCUT2D eigenvalue weighted by Gasteiger charge is 1.98. The molecule has 0 aliphatic heterocycles. The largest absolute Gasteiger partial charge is 0.377 e. The van der Waals surface area contributed by atoms with E-state index >= 15 is 0 Å². The zero-order chi connectivity index (χ0) is 15.6. The van der Waals surface area contributed by atoms with Gasteiger partial charge in [0.2, 0.25) is 0 Å². The molecular weight excluding hydrogens is 280 g/mol. The van der Waals surface area contributed by atoms with Gasteiger partial charge in [0.15, 0.2) is 0 Å². The van der Waals surface area contributed by atoms with Crippen molar-refractivity contribution >= 4 is 5.97 Å². The lowest BCUT2D eigenvalue weighted by Gasteiger charge is -2.07. The van der Waals surface area contributed by atoms with E-state index in [-0.39, 0.29) is 13.0 Å². The number of ether oxygens (including phenoxy) is 4. The monoisotopic (exact) mass is 306 g/mol. The van der Waals surface area contributed by atoms with Crippen molar-refractivity contribution in [3.8, 4) is 0 Å². The first-order valence-corrected chi connectivity index (χ1v) is 7.05. The molecule has 0 aromatic heterocycles. The van der Waals surface area contributed by atoms with Gasteiger partial charge in [-0.05, 0) is 0 Å². The molecule has 0 aliphatic rings. The number of hydrogen-bond acceptors (Lipinski definition) is 7. The lowest BCUT2D eigenvalue weighted by Crippen LogP contribution is -2.13. The molecule has 7 heteroatoms. The lowest BCUT2D eigenvalue weighted by molar-refractivity contribution is -0.276. The maximum absolute atomic E-state index is 10.7. The van der Waals surface area contributed by atoms with Crippen molar-refractivity contribution in [2.75, 3.05) is 59.5 Å². The van der Waals surface area contributed by atoms with Crippen LogP contribution < -0.4 is 0 Å². The Kier molecular flexibility index (Phi) is 16.3. The highest BCUT2D eigenvalue weighted by molar-refractivity contribution is 5.68. The Morgan fingerprint density at radius 2 is 1.33 bits per heavy atom. The van der Waals surface area contributed by atoms with Crippen LogP contribution in [0, 0.1) is 0 Å². The Bertz CT molecular complexity index is 245. The molecule has 0 radical (unpaired) electrons. The fourth-order valence-electron chi connectivity index (χ4n) is 1.09. The molecule has 0 unspecified atom stereocenters. The molecule has 7 nitrogen and oxygen atoms in total. The van der Waals surface area contributed by atoms with Gasteiger partial charge in [-0.2, -0.15) is 4.89 Å². The third-order valence-corrected chi connectivity index (χ3v) is 2.10. The summed E-state index contributed by atoms with van der Waals surface area (Å²) in [4.78, 5) is 19.8. The summed E-state index contributed by atoms with van der Waals surface area (Å²) in [7, 11) is 0. The fourth-order valence-corrected chi connectivity index (χ4v) is 1.09. The SMILES string of the molecule is C=CCOCCOCCOCCOCCOOC(=O)CC. The highest BCUT2D eigenvalue weighted by atomic mass is 17.2. The quantitative estimate of drug-likeness (QED) is 0.183. The smallest absolute Gasteiger partial charge is 0.342 e. The van der Waals surface area contributed by atoms with Gasteiger partial charge in [0.05, 0.1) is 52.9 Å². The average molecular weight is 306 g/mol. The Hall–Kier alpha value is -0.990. The molecule has 0 heterocycles. The zero-order valence-corrected chi connectivity index (χ0v) is 12.7. The molecule has 0 fully saturated rings. The predicted octanol–water partition coefficient (Wildman–Crippen LogP) is 1.12. The molecule has 0 saturated heterocycles. The molecule has 0 atom stereocenters. The molecular formula is C14H26O7. The Morgan fingerprint density at radius 3 is 1.81 bits per heavy atom. The van der Waals surface area contributed by atoms with Crippen LogP contribution in [0.1, 0.15) is 13.3 Å². The van der Waals surface area contributed by atoms with Crippen LogP contribution in [0.2, 0.25) is 0 Å². The van der Waals surface area contributed by atoms with Gasteiger partial charge in [-0.15, -0.1) is 6.58 Å². The molecule has 0 aromatic rings. The summed E-state index contributed by atoms with van der Waals surface area (Å²) in [6.45, 7) is 9.39. The minimum absolute atomic E-state index is 0.208. The summed E-state index contributed by atoms with van der Waals surface area (Å²) in [5.74, 6) is -0.395. The van der Waals surface area contributed by atoms with E-state index in [4.69, 9.17) is 18.9 Å². The van der Waals surface area contributed by atoms with E-state index in [1.165, 1.54) is 0 Å². The zero-order valence-electron chi connectivity index (χ0n) is 12.7. The summed E-state index contributed by atoms with van der Waals surface area (Å²) in [5.41, 5.74) is 0. The third kappa shape index (κ3) is 17.0. The van der Waals surface area contributed by atoms with Crippen LogP contribution in [-0.4, -0.2) is 65.4 Å². The van der Waals surface area contributed by atoms with Crippen molar-refractivity contribution in [1.29, 1.82) is 0 Å². The van der Waals surface area contributed by atoms with Crippen LogP contribution in [0.3, 0.4) is 0 Å². The van der Waals surface area contributed by atoms with Crippen LogP contribution in [-0.2, 0) is 33.5 Å². The molecule has 0 aromatic carbocycles. The number of rotatable bonds is 16. The Balaban J connectivity index is 2.99. The van der Waals surface area contributed by atoms with Crippen LogP contribution in [0.25, 0.3) is 0 Å². The minimum Gasteiger partial charge on any atom is -0.377 e. The van der Waals surface area contributed by atoms with E-state index in [1.807, 2.05) is 0 Å². The maximum Gasteiger partial charge on any atom is 0.342 e. The molecule has 0 N–H and O–H groups in total. The van der Waals surface area contributed by atoms with Gasteiger partial charge >= 0.3 is 5.97 Å². The van der Waals surface area contributed by atoms with Crippen molar-refractivity contribution in [3.63, 3.8) is 0 Å². The topological polar surface area (TPSA) is 72.5 Å². The second kappa shape index (κ2) is 17.1. The van der Waals surface area contributed by atoms with Gasteiger partial charge in [0, 0.05) is 6.42 Å². The highest BCUT2D eigenvalue weighted by Crippen LogP contribution is 1.87. The molecule has 0 rings (SSSR count). The molecule has 0 spiro atoms. The Labute approximate surface area is 126 Å². The first kappa shape index (κ1) is 20.0. The van der Waals surface area contributed by atoms with E-state index in [0.717, 1.165) is 0 Å². The lowest BCUT2D eigenvalue weighted by atomic mass is 10.5. The standard InChI is InChI=1S/C14H26O7/c1-3-5-16-6-7-17-8-9-18-10-11-19-12-13-20-21-14(15)4-2/h3H,1,4-13H2,2H3. The van der Waals surface area contributed by atoms with Gasteiger partial charge in [-0.3, -0.25) is 4.89 Å². The van der Waals surface area contributed by atoms with Gasteiger partial charge in [-0.1, -0.05) is 13.0 Å². The molecule has 21 heavy (non-hydrogen) atoms. The van der Waals surface area contributed by atoms with E-state index < -0.39 is 5.97 Å². The maximum atomic E-state index is 10.7. The van der Waals surface area contributed by atoms with E-state index in [1.54, 1.807) is 13.0 Å². The summed E-state index contributed by atoms with van der Waals surface area (Å²) >= 11 is 0. The molecule has 0 bridgehead atoms. The summed E-state index contributed by atoms with van der Waals surface area (Å²) < 4.78 is 20.9. The van der Waals surface area contributed by atoms with Gasteiger partial charge in [0.25, 0.3) is 0 Å². The minimum atomic E-state index is -0.395. The van der Waals surface area contributed by atoms with Gasteiger partial charge in [0.1, 0.15) is 6.61 Å². The average Bonchev–Trinajstić information content (AvgIpc) is 2.50. The van der Waals surface area contributed by atoms with E-state index in [0.29, 0.717) is 52.9 Å². The van der Waals surface area contributed by atoms with Crippen molar-refractivity contribution in [2.45, 2.75) is 13.3 Å². The van der Waals surface area contributed by atoms with Gasteiger partial charge in [-0.25, -0.2) is 4.79 Å². The van der Waals surface area contributed by atoms with Crippen LogP contribution in [0.5, 0.6) is 0 Å². The van der Waals surface area contributed by atoms with Crippen LogP contribution >= 0.6 is 0 Å². The van der Waals surface area contributed by atoms with Crippen LogP contribution in [0.4, 0.5) is 0 Å². The third-order valence-electron chi connectivity index (χ3n) is 2.10. The van der Waals surface area contributed by atoms with Crippen molar-refractivity contribution in [3.05, 3.63) is 12.7 Å². The number of carbonyl (C=O) groups is 1. The Morgan fingerprint density at radius 1 is 0.857 bits per heavy atom. The summed E-state index contributed by atoms with van der Waals surface area (Å²) in [6.07, 6.45) is 1.99. The molecule has 0 aliphatic carbocycles. The van der Waals surface area contributed by atoms with E-state index in [2.05, 4.69) is 16.4 Å². The van der Waals surface area contributed by atoms with Crippen LogP contribution in [0.15, 0.2) is 12.7 Å². The molecule has 124 valence electrons. The van der Waals surface area contributed by atoms with Gasteiger partial charge < -0.3 is 18.9 Å². The molecule has 0 saturated carbocycles. The van der Waals surface area contributed by atoms with E-state index in [9.17, 15) is 4.79 Å². The first-order valence-electron chi connectivity index (χ1n) is 7.05.